The SMILES string of the molecule is COc1ccc(OC)c(C(=O)/C=C/c2ccc(Oc3ccccc3)c(OC)c2)c1. The summed E-state index contributed by atoms with van der Waals surface area (Å²) >= 11 is 0. The van der Waals surface area contributed by atoms with E-state index in [9.17, 15) is 4.79 Å². The van der Waals surface area contributed by atoms with Gasteiger partial charge in [-0.3, -0.25) is 4.79 Å². The van der Waals surface area contributed by atoms with Crippen LogP contribution in [0.1, 0.15) is 15.9 Å². The molecule has 0 aliphatic carbocycles. The van der Waals surface area contributed by atoms with Gasteiger partial charge >= 0.3 is 0 Å². The lowest BCUT2D eigenvalue weighted by Gasteiger charge is -2.11. The number of rotatable bonds is 8. The monoisotopic (exact) mass is 390 g/mol. The van der Waals surface area contributed by atoms with Gasteiger partial charge in [0.25, 0.3) is 0 Å². The second-order valence-corrected chi connectivity index (χ2v) is 6.09. The highest BCUT2D eigenvalue weighted by Gasteiger charge is 2.12. The standard InChI is InChI=1S/C24H22O5/c1-26-19-11-14-22(27-2)20(16-19)21(25)12-9-17-10-13-23(24(15-17)28-3)29-18-7-5-4-6-8-18/h4-16H,1-3H3/b12-9+. The quantitative estimate of drug-likeness (QED) is 0.381. The van der Waals surface area contributed by atoms with Crippen molar-refractivity contribution < 1.29 is 23.7 Å². The highest BCUT2D eigenvalue weighted by molar-refractivity contribution is 6.08. The van der Waals surface area contributed by atoms with Crippen LogP contribution in [-0.4, -0.2) is 27.1 Å². The Balaban J connectivity index is 1.81. The normalized spacial score (nSPS) is 10.6. The third kappa shape index (κ3) is 4.96. The lowest BCUT2D eigenvalue weighted by Crippen LogP contribution is -2.00. The van der Waals surface area contributed by atoms with Crippen LogP contribution in [0.15, 0.2) is 72.8 Å². The minimum absolute atomic E-state index is 0.190. The van der Waals surface area contributed by atoms with Gasteiger partial charge in [0.1, 0.15) is 17.2 Å². The number of para-hydroxylation sites is 1. The minimum atomic E-state index is -0.190. The summed E-state index contributed by atoms with van der Waals surface area (Å²) in [6, 6.07) is 20.0. The van der Waals surface area contributed by atoms with Crippen LogP contribution < -0.4 is 18.9 Å². The Hall–Kier alpha value is -3.73. The summed E-state index contributed by atoms with van der Waals surface area (Å²) in [5, 5.41) is 0. The lowest BCUT2D eigenvalue weighted by molar-refractivity contribution is 0.104. The molecule has 0 saturated heterocycles. The predicted molar refractivity (Wildman–Crippen MR) is 112 cm³/mol. The fourth-order valence-electron chi connectivity index (χ4n) is 2.76. The molecule has 29 heavy (non-hydrogen) atoms. The molecule has 3 rings (SSSR count). The third-order valence-electron chi connectivity index (χ3n) is 4.26. The Bertz CT molecular complexity index is 1010. The van der Waals surface area contributed by atoms with Gasteiger partial charge in [-0.1, -0.05) is 30.3 Å². The number of benzene rings is 3. The molecule has 0 aliphatic rings. The zero-order valence-electron chi connectivity index (χ0n) is 16.5. The molecule has 0 amide bonds. The molecule has 0 unspecified atom stereocenters. The van der Waals surface area contributed by atoms with Crippen molar-refractivity contribution in [2.75, 3.05) is 21.3 Å². The van der Waals surface area contributed by atoms with Crippen molar-refractivity contribution in [2.45, 2.75) is 0 Å². The first-order chi connectivity index (χ1) is 14.1. The van der Waals surface area contributed by atoms with E-state index < -0.39 is 0 Å². The molecule has 0 spiro atoms. The second kappa shape index (κ2) is 9.46. The summed E-state index contributed by atoms with van der Waals surface area (Å²) in [4.78, 5) is 12.7. The van der Waals surface area contributed by atoms with Crippen LogP contribution in [0.3, 0.4) is 0 Å². The van der Waals surface area contributed by atoms with E-state index >= 15 is 0 Å². The molecular formula is C24H22O5. The molecule has 0 radical (unpaired) electrons. The molecular weight excluding hydrogens is 368 g/mol. The van der Waals surface area contributed by atoms with Crippen molar-refractivity contribution in [3.8, 4) is 28.7 Å². The van der Waals surface area contributed by atoms with Gasteiger partial charge < -0.3 is 18.9 Å². The molecule has 0 N–H and O–H groups in total. The van der Waals surface area contributed by atoms with Crippen LogP contribution in [-0.2, 0) is 0 Å². The van der Waals surface area contributed by atoms with Crippen LogP contribution in [0, 0.1) is 0 Å². The average molecular weight is 390 g/mol. The molecule has 5 heteroatoms. The molecule has 3 aromatic rings. The number of hydrogen-bond donors (Lipinski definition) is 0. The number of carbonyl (C=O) groups is 1. The first-order valence-electron chi connectivity index (χ1n) is 9.00. The van der Waals surface area contributed by atoms with Crippen LogP contribution >= 0.6 is 0 Å². The Morgan fingerprint density at radius 2 is 1.45 bits per heavy atom. The maximum absolute atomic E-state index is 12.7. The summed E-state index contributed by atoms with van der Waals surface area (Å²) in [6.07, 6.45) is 3.21. The van der Waals surface area contributed by atoms with E-state index in [1.807, 2.05) is 48.5 Å². The highest BCUT2D eigenvalue weighted by Crippen LogP contribution is 2.32. The summed E-state index contributed by atoms with van der Waals surface area (Å²) in [6.45, 7) is 0. The smallest absolute Gasteiger partial charge is 0.189 e. The molecule has 0 aliphatic heterocycles. The largest absolute Gasteiger partial charge is 0.497 e. The maximum atomic E-state index is 12.7. The van der Waals surface area contributed by atoms with Crippen molar-refractivity contribution >= 4 is 11.9 Å². The molecule has 3 aromatic carbocycles. The van der Waals surface area contributed by atoms with Crippen LogP contribution in [0.5, 0.6) is 28.7 Å². The number of ether oxygens (including phenoxy) is 4. The number of allylic oxidation sites excluding steroid dienone is 1. The number of hydrogen-bond acceptors (Lipinski definition) is 5. The maximum Gasteiger partial charge on any atom is 0.189 e. The van der Waals surface area contributed by atoms with E-state index in [0.717, 1.165) is 11.3 Å². The summed E-state index contributed by atoms with van der Waals surface area (Å²) in [7, 11) is 4.66. The first-order valence-corrected chi connectivity index (χ1v) is 9.00. The van der Waals surface area contributed by atoms with E-state index in [1.54, 1.807) is 38.5 Å². The zero-order chi connectivity index (χ0) is 20.6. The van der Waals surface area contributed by atoms with E-state index in [-0.39, 0.29) is 5.78 Å². The van der Waals surface area contributed by atoms with Gasteiger partial charge in [0.2, 0.25) is 0 Å². The van der Waals surface area contributed by atoms with Crippen molar-refractivity contribution in [1.29, 1.82) is 0 Å². The van der Waals surface area contributed by atoms with E-state index in [2.05, 4.69) is 0 Å². The molecule has 5 nitrogen and oxygen atoms in total. The predicted octanol–water partition coefficient (Wildman–Crippen LogP) is 5.40. The second-order valence-electron chi connectivity index (χ2n) is 6.09. The van der Waals surface area contributed by atoms with Crippen LogP contribution in [0.4, 0.5) is 0 Å². The Labute approximate surface area is 170 Å². The minimum Gasteiger partial charge on any atom is -0.497 e. The lowest BCUT2D eigenvalue weighted by atomic mass is 10.1. The van der Waals surface area contributed by atoms with Crippen LogP contribution in [0.2, 0.25) is 0 Å². The highest BCUT2D eigenvalue weighted by atomic mass is 16.5. The molecule has 0 heterocycles. The molecule has 0 atom stereocenters. The van der Waals surface area contributed by atoms with Gasteiger partial charge in [0, 0.05) is 0 Å². The third-order valence-corrected chi connectivity index (χ3v) is 4.26. The summed E-state index contributed by atoms with van der Waals surface area (Å²) in [5.74, 6) is 2.77. The zero-order valence-corrected chi connectivity index (χ0v) is 16.5. The topological polar surface area (TPSA) is 54.0 Å². The Kier molecular flexibility index (Phi) is 6.53. The van der Waals surface area contributed by atoms with Crippen LogP contribution in [0.25, 0.3) is 6.08 Å². The fourth-order valence-corrected chi connectivity index (χ4v) is 2.76. The molecule has 0 aromatic heterocycles. The number of carbonyl (C=O) groups excluding carboxylic acids is 1. The van der Waals surface area contributed by atoms with E-state index in [0.29, 0.717) is 28.6 Å². The van der Waals surface area contributed by atoms with Gasteiger partial charge in [-0.25, -0.2) is 0 Å². The molecule has 0 saturated carbocycles. The van der Waals surface area contributed by atoms with Crippen molar-refractivity contribution in [2.24, 2.45) is 0 Å². The van der Waals surface area contributed by atoms with Gasteiger partial charge in [-0.15, -0.1) is 0 Å². The van der Waals surface area contributed by atoms with Crippen molar-refractivity contribution in [3.05, 3.63) is 83.9 Å². The first kappa shape index (κ1) is 20.0. The molecule has 0 bridgehead atoms. The Morgan fingerprint density at radius 1 is 0.724 bits per heavy atom. The van der Waals surface area contributed by atoms with Crippen molar-refractivity contribution in [1.82, 2.24) is 0 Å². The van der Waals surface area contributed by atoms with E-state index in [4.69, 9.17) is 18.9 Å². The van der Waals surface area contributed by atoms with Gasteiger partial charge in [0.05, 0.1) is 26.9 Å². The van der Waals surface area contributed by atoms with Gasteiger partial charge in [0.15, 0.2) is 17.3 Å². The summed E-state index contributed by atoms with van der Waals surface area (Å²) in [5.41, 5.74) is 1.23. The number of methoxy groups -OCH3 is 3. The molecule has 0 fully saturated rings. The summed E-state index contributed by atoms with van der Waals surface area (Å²) < 4.78 is 21.8. The van der Waals surface area contributed by atoms with Gasteiger partial charge in [-0.05, 0) is 54.1 Å². The number of ketones is 1. The molecule has 148 valence electrons. The van der Waals surface area contributed by atoms with E-state index in [1.165, 1.54) is 13.2 Å². The average Bonchev–Trinajstić information content (AvgIpc) is 2.78. The van der Waals surface area contributed by atoms with Crippen molar-refractivity contribution in [3.63, 3.8) is 0 Å². The Morgan fingerprint density at radius 3 is 2.14 bits per heavy atom. The van der Waals surface area contributed by atoms with Gasteiger partial charge in [-0.2, -0.15) is 0 Å². The fraction of sp³-hybridized carbons (Fsp3) is 0.125.